The number of aromatic nitrogens is 3. The van der Waals surface area contributed by atoms with Crippen molar-refractivity contribution in [1.29, 1.82) is 0 Å². The highest BCUT2D eigenvalue weighted by Gasteiger charge is 2.32. The molecule has 0 saturated carbocycles. The molecule has 0 aliphatic carbocycles. The fourth-order valence-corrected chi connectivity index (χ4v) is 7.70. The van der Waals surface area contributed by atoms with Crippen molar-refractivity contribution in [2.75, 3.05) is 22.8 Å². The van der Waals surface area contributed by atoms with Crippen molar-refractivity contribution in [1.82, 2.24) is 19.9 Å². The van der Waals surface area contributed by atoms with Crippen LogP contribution in [0.25, 0.3) is 11.3 Å². The Labute approximate surface area is 283 Å². The summed E-state index contributed by atoms with van der Waals surface area (Å²) < 4.78 is 36.4. The van der Waals surface area contributed by atoms with Crippen LogP contribution in [-0.4, -0.2) is 59.4 Å². The Bertz CT molecular complexity index is 1920. The Hall–Kier alpha value is -4.51. The third-order valence-electron chi connectivity index (χ3n) is 9.00. The molecule has 6 rings (SSSR count). The van der Waals surface area contributed by atoms with E-state index >= 15 is 0 Å². The van der Waals surface area contributed by atoms with Crippen molar-refractivity contribution in [2.45, 2.75) is 84.3 Å². The third kappa shape index (κ3) is 7.31. The molecule has 1 N–H and O–H groups in total. The Morgan fingerprint density at radius 3 is 2.40 bits per heavy atom. The number of pyridine rings is 1. The van der Waals surface area contributed by atoms with E-state index in [1.165, 1.54) is 12.1 Å². The first-order chi connectivity index (χ1) is 22.8. The molecule has 4 bridgehead atoms. The summed E-state index contributed by atoms with van der Waals surface area (Å²) in [4.78, 5) is 32.7. The number of aryl methyl sites for hydroxylation is 2. The van der Waals surface area contributed by atoms with Gasteiger partial charge in [0.1, 0.15) is 12.4 Å². The summed E-state index contributed by atoms with van der Waals surface area (Å²) in [6.07, 6.45) is 2.84. The van der Waals surface area contributed by atoms with Gasteiger partial charge in [0.05, 0.1) is 28.9 Å². The molecule has 2 atom stereocenters. The molecule has 1 saturated heterocycles. The van der Waals surface area contributed by atoms with Crippen molar-refractivity contribution in [3.05, 3.63) is 89.1 Å². The van der Waals surface area contributed by atoms with Gasteiger partial charge in [-0.25, -0.2) is 23.1 Å². The summed E-state index contributed by atoms with van der Waals surface area (Å²) in [5.74, 6) is 0.689. The summed E-state index contributed by atoms with van der Waals surface area (Å²) in [5.41, 5.74) is 4.21. The van der Waals surface area contributed by atoms with E-state index in [4.69, 9.17) is 9.72 Å². The fourth-order valence-electron chi connectivity index (χ4n) is 6.71. The largest absolute Gasteiger partial charge is 0.475 e. The average Bonchev–Trinajstić information content (AvgIpc) is 3.46. The normalized spacial score (nSPS) is 19.5. The van der Waals surface area contributed by atoms with Crippen LogP contribution in [0.15, 0.2) is 71.6 Å². The van der Waals surface area contributed by atoms with Crippen molar-refractivity contribution < 1.29 is 17.9 Å². The van der Waals surface area contributed by atoms with Crippen LogP contribution in [0.3, 0.4) is 0 Å². The zero-order valence-corrected chi connectivity index (χ0v) is 29.3. The Balaban J connectivity index is 1.47. The number of hydrogen-bond donors (Lipinski definition) is 1. The zero-order valence-electron chi connectivity index (χ0n) is 28.5. The van der Waals surface area contributed by atoms with Gasteiger partial charge in [-0.3, -0.25) is 4.79 Å². The molecule has 0 unspecified atom stereocenters. The van der Waals surface area contributed by atoms with Gasteiger partial charge in [0.25, 0.3) is 15.9 Å². The maximum atomic E-state index is 14.5. The van der Waals surface area contributed by atoms with Gasteiger partial charge in [-0.1, -0.05) is 51.1 Å². The number of carbonyl (C=O) groups excluding carboxylic acids is 1. The molecule has 4 heterocycles. The second kappa shape index (κ2) is 13.2. The lowest BCUT2D eigenvalue weighted by molar-refractivity contribution is 0.0509. The molecule has 1 fully saturated rings. The van der Waals surface area contributed by atoms with Gasteiger partial charge in [0.15, 0.2) is 0 Å². The van der Waals surface area contributed by atoms with E-state index in [1.54, 1.807) is 23.1 Å². The number of hydrogen-bond acceptors (Lipinski definition) is 8. The van der Waals surface area contributed by atoms with Crippen molar-refractivity contribution in [3.8, 4) is 17.1 Å². The predicted octanol–water partition coefficient (Wildman–Crippen LogP) is 6.78. The molecule has 252 valence electrons. The lowest BCUT2D eigenvalue weighted by Gasteiger charge is -2.35. The first-order valence-corrected chi connectivity index (χ1v) is 18.0. The standard InChI is InChI=1S/C37H44N6O4S/c1-24-11-7-12-25(2)34(24)31-20-33-40-36(39-31)41-48(45,46)30-16-8-14-27(19-30)35(44)43(29(23-47-33)21-37(4,5)6)22-28-15-9-17-32(38-28)42-18-10-13-26(42)3/h7-9,11-12,14-17,19-20,26,29H,10,13,18,21-23H2,1-6H3,(H,39,40,41)/t26-,29+/m0/s1. The van der Waals surface area contributed by atoms with E-state index in [1.807, 2.05) is 50.2 Å². The van der Waals surface area contributed by atoms with Crippen LogP contribution in [0, 0.1) is 19.3 Å². The monoisotopic (exact) mass is 668 g/mol. The van der Waals surface area contributed by atoms with E-state index in [0.29, 0.717) is 18.2 Å². The predicted molar refractivity (Wildman–Crippen MR) is 188 cm³/mol. The van der Waals surface area contributed by atoms with Crippen LogP contribution >= 0.6 is 0 Å². The average molecular weight is 669 g/mol. The van der Waals surface area contributed by atoms with Crippen LogP contribution in [0.4, 0.5) is 11.8 Å². The van der Waals surface area contributed by atoms with E-state index < -0.39 is 16.1 Å². The SMILES string of the molecule is Cc1cccc(C)c1-c1cc2nc(n1)NS(=O)(=O)c1cccc(c1)C(=O)N(Cc1cccc(N3CCC[C@@H]3C)n1)[C@H](CC(C)(C)C)CO2. The number of fused-ring (bicyclic) bond motifs is 4. The molecular weight excluding hydrogens is 625 g/mol. The number of ether oxygens (including phenoxy) is 1. The molecule has 2 aromatic carbocycles. The van der Waals surface area contributed by atoms with Crippen LogP contribution in [0.1, 0.15) is 74.1 Å². The van der Waals surface area contributed by atoms with Gasteiger partial charge < -0.3 is 14.5 Å². The van der Waals surface area contributed by atoms with Gasteiger partial charge in [0, 0.05) is 29.8 Å². The molecule has 0 spiro atoms. The summed E-state index contributed by atoms with van der Waals surface area (Å²) in [5, 5.41) is 0. The molecule has 1 amide bonds. The van der Waals surface area contributed by atoms with Gasteiger partial charge in [-0.05, 0) is 86.9 Å². The lowest BCUT2D eigenvalue weighted by atomic mass is 9.87. The van der Waals surface area contributed by atoms with Gasteiger partial charge in [-0.15, -0.1) is 0 Å². The Morgan fingerprint density at radius 2 is 1.69 bits per heavy atom. The number of carbonyl (C=O) groups is 1. The highest BCUT2D eigenvalue weighted by Crippen LogP contribution is 2.32. The second-order valence-corrected chi connectivity index (χ2v) is 15.8. The molecular formula is C37H44N6O4S. The van der Waals surface area contributed by atoms with E-state index in [-0.39, 0.29) is 46.8 Å². The zero-order chi connectivity index (χ0) is 34.2. The number of nitrogens with one attached hydrogen (secondary N) is 1. The minimum atomic E-state index is -4.16. The number of sulfonamides is 1. The molecule has 2 aromatic heterocycles. The fraction of sp³-hybridized carbons (Fsp3) is 0.405. The minimum Gasteiger partial charge on any atom is -0.475 e. The van der Waals surface area contributed by atoms with Crippen LogP contribution in [0.5, 0.6) is 5.88 Å². The first-order valence-electron chi connectivity index (χ1n) is 16.5. The lowest BCUT2D eigenvalue weighted by Crippen LogP contribution is -2.45. The molecule has 48 heavy (non-hydrogen) atoms. The molecule has 2 aliphatic heterocycles. The summed E-state index contributed by atoms with van der Waals surface area (Å²) in [6, 6.07) is 19.7. The molecule has 0 radical (unpaired) electrons. The van der Waals surface area contributed by atoms with Crippen LogP contribution in [0.2, 0.25) is 0 Å². The highest BCUT2D eigenvalue weighted by atomic mass is 32.2. The number of nitrogens with zero attached hydrogens (tertiary/aromatic N) is 5. The number of amides is 1. The molecule has 4 aromatic rings. The van der Waals surface area contributed by atoms with Gasteiger partial charge in [0.2, 0.25) is 11.8 Å². The third-order valence-corrected chi connectivity index (χ3v) is 10.3. The Kier molecular flexibility index (Phi) is 9.17. The molecule has 2 aliphatic rings. The smallest absolute Gasteiger partial charge is 0.264 e. The quantitative estimate of drug-likeness (QED) is 0.247. The Morgan fingerprint density at radius 1 is 0.958 bits per heavy atom. The van der Waals surface area contributed by atoms with Crippen molar-refractivity contribution in [2.24, 2.45) is 5.41 Å². The topological polar surface area (TPSA) is 118 Å². The van der Waals surface area contributed by atoms with Crippen molar-refractivity contribution in [3.63, 3.8) is 0 Å². The number of anilines is 2. The first kappa shape index (κ1) is 33.4. The summed E-state index contributed by atoms with van der Waals surface area (Å²) in [7, 11) is -4.16. The minimum absolute atomic E-state index is 0.0633. The van der Waals surface area contributed by atoms with Crippen molar-refractivity contribution >= 4 is 27.7 Å². The van der Waals surface area contributed by atoms with Crippen LogP contribution in [-0.2, 0) is 16.6 Å². The summed E-state index contributed by atoms with van der Waals surface area (Å²) in [6.45, 7) is 13.9. The van der Waals surface area contributed by atoms with Gasteiger partial charge in [-0.2, -0.15) is 4.98 Å². The van der Waals surface area contributed by atoms with E-state index in [2.05, 4.69) is 47.3 Å². The van der Waals surface area contributed by atoms with E-state index in [9.17, 15) is 13.2 Å². The number of rotatable bonds is 5. The van der Waals surface area contributed by atoms with E-state index in [0.717, 1.165) is 47.6 Å². The maximum Gasteiger partial charge on any atom is 0.264 e. The van der Waals surface area contributed by atoms with Crippen LogP contribution < -0.4 is 14.4 Å². The number of benzene rings is 2. The molecule has 10 nitrogen and oxygen atoms in total. The second-order valence-electron chi connectivity index (χ2n) is 14.1. The van der Waals surface area contributed by atoms with Gasteiger partial charge >= 0.3 is 0 Å². The highest BCUT2D eigenvalue weighted by molar-refractivity contribution is 7.92. The molecule has 11 heteroatoms. The maximum absolute atomic E-state index is 14.5. The summed E-state index contributed by atoms with van der Waals surface area (Å²) >= 11 is 0.